The summed E-state index contributed by atoms with van der Waals surface area (Å²) in [5, 5.41) is 2.97. The summed E-state index contributed by atoms with van der Waals surface area (Å²) in [7, 11) is 1.77. The monoisotopic (exact) mass is 417 g/mol. The zero-order valence-electron chi connectivity index (χ0n) is 19.3. The minimum Gasteiger partial charge on any atom is -0.444 e. The topological polar surface area (TPSA) is 81.4 Å². The van der Waals surface area contributed by atoms with Gasteiger partial charge < -0.3 is 15.0 Å². The summed E-state index contributed by atoms with van der Waals surface area (Å²) in [5.41, 5.74) is 0.957. The Hall–Kier alpha value is -2.51. The van der Waals surface area contributed by atoms with Crippen LogP contribution in [0.25, 0.3) is 11.2 Å². The lowest BCUT2D eigenvalue weighted by molar-refractivity contribution is 0.0500. The molecular formula is C22H35N5O3. The smallest absolute Gasteiger partial charge is 0.407 e. The standard InChI is InChI=1S/C22H35N5O3/c1-21(2,3)14-27-16-10-11-17(24-18(16)25(7)20(27)29)26-12-8-9-15(13-26)23-19(28)30-22(4,5)6/h10-11,15H,8-9,12-14H2,1-7H3,(H,23,28)/t15-/m0/s1. The van der Waals surface area contributed by atoms with Crippen LogP contribution in [0.2, 0.25) is 0 Å². The molecule has 1 saturated heterocycles. The normalized spacial score (nSPS) is 18.0. The second-order valence-electron chi connectivity index (χ2n) is 10.4. The number of ether oxygens (including phenoxy) is 1. The van der Waals surface area contributed by atoms with Gasteiger partial charge in [-0.1, -0.05) is 20.8 Å². The molecule has 30 heavy (non-hydrogen) atoms. The average Bonchev–Trinajstić information content (AvgIpc) is 2.83. The first-order valence-corrected chi connectivity index (χ1v) is 10.6. The molecule has 0 saturated carbocycles. The Morgan fingerprint density at radius 1 is 1.23 bits per heavy atom. The van der Waals surface area contributed by atoms with Crippen molar-refractivity contribution in [1.29, 1.82) is 0 Å². The number of hydrogen-bond acceptors (Lipinski definition) is 5. The van der Waals surface area contributed by atoms with Crippen LogP contribution in [0, 0.1) is 5.41 Å². The van der Waals surface area contributed by atoms with Crippen molar-refractivity contribution in [2.45, 2.75) is 72.6 Å². The van der Waals surface area contributed by atoms with Crippen molar-refractivity contribution in [3.8, 4) is 0 Å². The van der Waals surface area contributed by atoms with E-state index in [0.29, 0.717) is 18.7 Å². The number of amides is 1. The third-order valence-electron chi connectivity index (χ3n) is 5.06. The maximum absolute atomic E-state index is 12.8. The van der Waals surface area contributed by atoms with Crippen molar-refractivity contribution in [1.82, 2.24) is 19.4 Å². The average molecular weight is 418 g/mol. The van der Waals surface area contributed by atoms with Crippen LogP contribution < -0.4 is 15.9 Å². The number of piperidine rings is 1. The molecular weight excluding hydrogens is 382 g/mol. The molecule has 2 aromatic rings. The van der Waals surface area contributed by atoms with E-state index < -0.39 is 5.60 Å². The molecule has 1 aliphatic heterocycles. The van der Waals surface area contributed by atoms with Gasteiger partial charge in [-0.05, 0) is 51.2 Å². The summed E-state index contributed by atoms with van der Waals surface area (Å²) < 4.78 is 8.80. The van der Waals surface area contributed by atoms with Crippen molar-refractivity contribution in [2.24, 2.45) is 12.5 Å². The van der Waals surface area contributed by atoms with Gasteiger partial charge in [-0.2, -0.15) is 0 Å². The Balaban J connectivity index is 1.80. The largest absolute Gasteiger partial charge is 0.444 e. The number of anilines is 1. The van der Waals surface area contributed by atoms with Crippen molar-refractivity contribution in [3.05, 3.63) is 22.6 Å². The molecule has 8 nitrogen and oxygen atoms in total. The van der Waals surface area contributed by atoms with E-state index in [-0.39, 0.29) is 23.2 Å². The van der Waals surface area contributed by atoms with E-state index in [1.165, 1.54) is 0 Å². The van der Waals surface area contributed by atoms with E-state index in [4.69, 9.17) is 9.72 Å². The predicted molar refractivity (Wildman–Crippen MR) is 119 cm³/mol. The fraction of sp³-hybridized carbons (Fsp3) is 0.682. The number of aryl methyl sites for hydroxylation is 1. The number of imidazole rings is 1. The molecule has 0 spiro atoms. The second kappa shape index (κ2) is 7.96. The van der Waals surface area contributed by atoms with Gasteiger partial charge in [-0.15, -0.1) is 0 Å². The highest BCUT2D eigenvalue weighted by Gasteiger charge is 2.26. The molecule has 0 aliphatic carbocycles. The predicted octanol–water partition coefficient (Wildman–Crippen LogP) is 3.27. The minimum absolute atomic E-state index is 0.000375. The fourth-order valence-electron chi connectivity index (χ4n) is 3.84. The molecule has 1 N–H and O–H groups in total. The van der Waals surface area contributed by atoms with Crippen molar-refractivity contribution < 1.29 is 9.53 Å². The van der Waals surface area contributed by atoms with Crippen LogP contribution in [0.5, 0.6) is 0 Å². The van der Waals surface area contributed by atoms with Crippen LogP contribution in [0.4, 0.5) is 10.6 Å². The van der Waals surface area contributed by atoms with E-state index in [2.05, 4.69) is 31.0 Å². The number of hydrogen-bond donors (Lipinski definition) is 1. The molecule has 2 aromatic heterocycles. The highest BCUT2D eigenvalue weighted by molar-refractivity contribution is 5.74. The molecule has 0 aromatic carbocycles. The highest BCUT2D eigenvalue weighted by atomic mass is 16.6. The van der Waals surface area contributed by atoms with Gasteiger partial charge >= 0.3 is 11.8 Å². The molecule has 8 heteroatoms. The van der Waals surface area contributed by atoms with Gasteiger partial charge in [0.15, 0.2) is 5.65 Å². The van der Waals surface area contributed by atoms with Crippen LogP contribution in [0.3, 0.4) is 0 Å². The zero-order valence-corrected chi connectivity index (χ0v) is 19.3. The van der Waals surface area contributed by atoms with Crippen LogP contribution >= 0.6 is 0 Å². The Morgan fingerprint density at radius 2 is 1.93 bits per heavy atom. The number of nitrogens with zero attached hydrogens (tertiary/aromatic N) is 4. The summed E-state index contributed by atoms with van der Waals surface area (Å²) in [6, 6.07) is 3.95. The summed E-state index contributed by atoms with van der Waals surface area (Å²) in [4.78, 5) is 31.9. The summed E-state index contributed by atoms with van der Waals surface area (Å²) in [6.07, 6.45) is 1.46. The Kier molecular flexibility index (Phi) is 5.89. The van der Waals surface area contributed by atoms with Gasteiger partial charge in [0.2, 0.25) is 0 Å². The van der Waals surface area contributed by atoms with Crippen LogP contribution in [0.15, 0.2) is 16.9 Å². The number of pyridine rings is 1. The van der Waals surface area contributed by atoms with Gasteiger partial charge in [-0.3, -0.25) is 9.13 Å². The lowest BCUT2D eigenvalue weighted by Gasteiger charge is -2.34. The quantitative estimate of drug-likeness (QED) is 0.829. The number of carbonyl (C=O) groups is 1. The summed E-state index contributed by atoms with van der Waals surface area (Å²) >= 11 is 0. The van der Waals surface area contributed by atoms with E-state index in [1.807, 2.05) is 32.9 Å². The number of aromatic nitrogens is 3. The van der Waals surface area contributed by atoms with E-state index in [9.17, 15) is 9.59 Å². The number of alkyl carbamates (subject to hydrolysis) is 1. The van der Waals surface area contributed by atoms with Gasteiger partial charge in [0.05, 0.1) is 5.52 Å². The van der Waals surface area contributed by atoms with Gasteiger partial charge in [0, 0.05) is 32.7 Å². The molecule has 3 rings (SSSR count). The first-order valence-electron chi connectivity index (χ1n) is 10.6. The van der Waals surface area contributed by atoms with Crippen molar-refractivity contribution >= 4 is 23.1 Å². The number of rotatable bonds is 3. The summed E-state index contributed by atoms with van der Waals surface area (Å²) in [5.74, 6) is 0.821. The van der Waals surface area contributed by atoms with Gasteiger partial charge in [0.1, 0.15) is 11.4 Å². The molecule has 0 bridgehead atoms. The molecule has 1 fully saturated rings. The highest BCUT2D eigenvalue weighted by Crippen LogP contribution is 2.23. The minimum atomic E-state index is -0.518. The van der Waals surface area contributed by atoms with Gasteiger partial charge in [0.25, 0.3) is 0 Å². The lowest BCUT2D eigenvalue weighted by Crippen LogP contribution is -2.49. The maximum atomic E-state index is 12.8. The third kappa shape index (κ3) is 5.15. The molecule has 166 valence electrons. The van der Waals surface area contributed by atoms with Crippen LogP contribution in [-0.4, -0.2) is 44.9 Å². The van der Waals surface area contributed by atoms with Crippen LogP contribution in [-0.2, 0) is 18.3 Å². The number of carbonyl (C=O) groups excluding carboxylic acids is 1. The van der Waals surface area contributed by atoms with E-state index in [0.717, 1.165) is 30.7 Å². The molecule has 0 radical (unpaired) electrons. The Morgan fingerprint density at radius 3 is 2.57 bits per heavy atom. The van der Waals surface area contributed by atoms with E-state index in [1.54, 1.807) is 16.2 Å². The lowest BCUT2D eigenvalue weighted by atomic mass is 9.97. The summed E-state index contributed by atoms with van der Waals surface area (Å²) in [6.45, 7) is 14.1. The third-order valence-corrected chi connectivity index (χ3v) is 5.06. The SMILES string of the molecule is Cn1c(=O)n(CC(C)(C)C)c2ccc(N3CCC[C@H](NC(=O)OC(C)(C)C)C3)nc21. The second-order valence-corrected chi connectivity index (χ2v) is 10.4. The molecule has 3 heterocycles. The van der Waals surface area contributed by atoms with Crippen LogP contribution in [0.1, 0.15) is 54.4 Å². The Bertz CT molecular complexity index is 978. The number of nitrogens with one attached hydrogen (secondary N) is 1. The van der Waals surface area contributed by atoms with Gasteiger partial charge in [-0.25, -0.2) is 14.6 Å². The first kappa shape index (κ1) is 22.2. The fourth-order valence-corrected chi connectivity index (χ4v) is 3.84. The molecule has 1 amide bonds. The first-order chi connectivity index (χ1) is 13.8. The maximum Gasteiger partial charge on any atom is 0.407 e. The zero-order chi connectivity index (χ0) is 22.3. The van der Waals surface area contributed by atoms with Crippen molar-refractivity contribution in [3.63, 3.8) is 0 Å². The van der Waals surface area contributed by atoms with E-state index >= 15 is 0 Å². The molecule has 1 atom stereocenters. The number of fused-ring (bicyclic) bond motifs is 1. The van der Waals surface area contributed by atoms with Crippen molar-refractivity contribution in [2.75, 3.05) is 18.0 Å². The molecule has 0 unspecified atom stereocenters. The Labute approximate surface area is 178 Å². The molecule has 1 aliphatic rings.